The van der Waals surface area contributed by atoms with Gasteiger partial charge in [0.1, 0.15) is 22.3 Å². The Balaban J connectivity index is 1.04. The zero-order valence-corrected chi connectivity index (χ0v) is 30.9. The van der Waals surface area contributed by atoms with Crippen LogP contribution in [0.5, 0.6) is 0 Å². The van der Waals surface area contributed by atoms with Crippen LogP contribution in [0.3, 0.4) is 0 Å². The van der Waals surface area contributed by atoms with E-state index < -0.39 is 0 Å². The minimum absolute atomic E-state index is 0.607. The summed E-state index contributed by atoms with van der Waals surface area (Å²) in [6, 6.07) is 63.9. The maximum absolute atomic E-state index is 9.42. The van der Waals surface area contributed by atoms with E-state index >= 15 is 0 Å². The molecule has 58 heavy (non-hydrogen) atoms. The van der Waals surface area contributed by atoms with E-state index in [1.807, 2.05) is 97.1 Å². The predicted octanol–water partition coefficient (Wildman–Crippen LogP) is 15.2. The molecule has 0 aliphatic heterocycles. The molecule has 0 saturated carbocycles. The number of hydrogen-bond acceptors (Lipinski definition) is 5. The third-order valence-electron chi connectivity index (χ3n) is 11.0. The molecule has 0 radical (unpaired) electrons. The maximum atomic E-state index is 9.42. The van der Waals surface area contributed by atoms with Crippen LogP contribution in [-0.4, -0.2) is 0 Å². The van der Waals surface area contributed by atoms with E-state index in [0.717, 1.165) is 99.5 Å². The van der Waals surface area contributed by atoms with E-state index in [9.17, 15) is 5.26 Å². The van der Waals surface area contributed by atoms with Crippen molar-refractivity contribution in [1.29, 1.82) is 5.26 Å². The zero-order chi connectivity index (χ0) is 38.7. The molecule has 270 valence electrons. The lowest BCUT2D eigenvalue weighted by Gasteiger charge is -2.26. The minimum atomic E-state index is 0.607. The molecule has 0 amide bonds. The molecule has 0 bridgehead atoms. The first kappa shape index (κ1) is 33.1. The molecule has 9 aromatic carbocycles. The van der Waals surface area contributed by atoms with Gasteiger partial charge in [-0.05, 0) is 143 Å². The highest BCUT2D eigenvalue weighted by Gasteiger charge is 2.20. The number of fused-ring (bicyclic) bond motifs is 9. The second-order valence-electron chi connectivity index (χ2n) is 14.4. The van der Waals surface area contributed by atoms with Gasteiger partial charge in [0, 0.05) is 55.7 Å². The predicted molar refractivity (Wildman–Crippen MR) is 236 cm³/mol. The lowest BCUT2D eigenvalue weighted by atomic mass is 10.0. The number of hydrogen-bond donors (Lipinski definition) is 0. The Morgan fingerprint density at radius 2 is 0.845 bits per heavy atom. The van der Waals surface area contributed by atoms with Gasteiger partial charge in [0.15, 0.2) is 5.69 Å². The monoisotopic (exact) mass is 742 g/mol. The van der Waals surface area contributed by atoms with Crippen molar-refractivity contribution in [3.8, 4) is 6.07 Å². The number of rotatable bonds is 6. The highest BCUT2D eigenvalue weighted by molar-refractivity contribution is 6.27. The van der Waals surface area contributed by atoms with Gasteiger partial charge in [-0.25, -0.2) is 4.85 Å². The Hall–Kier alpha value is -8.32. The Kier molecular flexibility index (Phi) is 7.50. The third-order valence-corrected chi connectivity index (χ3v) is 11.0. The molecule has 0 fully saturated rings. The first-order valence-electron chi connectivity index (χ1n) is 19.0. The third kappa shape index (κ3) is 5.40. The second-order valence-corrected chi connectivity index (χ2v) is 14.4. The van der Waals surface area contributed by atoms with Crippen molar-refractivity contribution in [3.63, 3.8) is 0 Å². The molecule has 6 heteroatoms. The summed E-state index contributed by atoms with van der Waals surface area (Å²) in [5.74, 6) is 0. The van der Waals surface area contributed by atoms with Gasteiger partial charge >= 0.3 is 0 Å². The number of benzene rings is 9. The van der Waals surface area contributed by atoms with Crippen molar-refractivity contribution in [2.45, 2.75) is 0 Å². The van der Waals surface area contributed by atoms with Crippen LogP contribution in [0.4, 0.5) is 39.8 Å². The Morgan fingerprint density at radius 1 is 0.414 bits per heavy atom. The molecule has 0 spiro atoms. The fraction of sp³-hybridized carbons (Fsp3) is 0. The van der Waals surface area contributed by atoms with E-state index in [1.165, 1.54) is 0 Å². The van der Waals surface area contributed by atoms with Crippen LogP contribution in [0.2, 0.25) is 0 Å². The van der Waals surface area contributed by atoms with Gasteiger partial charge in [-0.3, -0.25) is 0 Å². The molecule has 2 aromatic heterocycles. The largest absolute Gasteiger partial charge is 0.456 e. The van der Waals surface area contributed by atoms with Gasteiger partial charge in [0.2, 0.25) is 0 Å². The summed E-state index contributed by atoms with van der Waals surface area (Å²) in [4.78, 5) is 7.99. The number of nitrogens with zero attached hydrogens (tertiary/aromatic N) is 4. The second kappa shape index (κ2) is 13.2. The van der Waals surface area contributed by atoms with Crippen LogP contribution in [0.1, 0.15) is 5.56 Å². The van der Waals surface area contributed by atoms with Crippen LogP contribution in [0.25, 0.3) is 70.3 Å². The van der Waals surface area contributed by atoms with E-state index in [-0.39, 0.29) is 0 Å². The average Bonchev–Trinajstić information content (AvgIpc) is 3.83. The van der Waals surface area contributed by atoms with Gasteiger partial charge < -0.3 is 18.6 Å². The molecule has 11 aromatic rings. The van der Waals surface area contributed by atoms with Crippen LogP contribution >= 0.6 is 0 Å². The van der Waals surface area contributed by atoms with Gasteiger partial charge in [-0.2, -0.15) is 5.26 Å². The van der Waals surface area contributed by atoms with Crippen LogP contribution in [0.15, 0.2) is 191 Å². The fourth-order valence-corrected chi connectivity index (χ4v) is 8.28. The van der Waals surface area contributed by atoms with Crippen molar-refractivity contribution < 1.29 is 8.83 Å². The molecule has 0 unspecified atom stereocenters. The SMILES string of the molecule is [C-]#[N+]c1ccc(N(c2ccccc2)c2ccc3cc4c(cc3c2)oc2ccc3oc5cc6cc(N(c7ccccc7)c7ccc(C#N)cc7)ccc6cc5c3c24)cc1. The molecule has 0 saturated heterocycles. The van der Waals surface area contributed by atoms with Gasteiger partial charge in [-0.1, -0.05) is 60.7 Å². The number of para-hydroxylation sites is 2. The Morgan fingerprint density at radius 3 is 1.29 bits per heavy atom. The van der Waals surface area contributed by atoms with Crippen molar-refractivity contribution in [2.24, 2.45) is 0 Å². The van der Waals surface area contributed by atoms with Crippen molar-refractivity contribution in [1.82, 2.24) is 0 Å². The van der Waals surface area contributed by atoms with E-state index in [4.69, 9.17) is 15.4 Å². The maximum Gasteiger partial charge on any atom is 0.187 e. The molecule has 11 rings (SSSR count). The minimum Gasteiger partial charge on any atom is -0.456 e. The molecule has 0 N–H and O–H groups in total. The molecule has 2 heterocycles. The number of furan rings is 2. The average molecular weight is 743 g/mol. The fourth-order valence-electron chi connectivity index (χ4n) is 8.28. The van der Waals surface area contributed by atoms with E-state index in [0.29, 0.717) is 11.3 Å². The number of nitriles is 1. The highest BCUT2D eigenvalue weighted by Crippen LogP contribution is 2.44. The highest BCUT2D eigenvalue weighted by atomic mass is 16.3. The van der Waals surface area contributed by atoms with Crippen molar-refractivity contribution in [3.05, 3.63) is 199 Å². The summed E-state index contributed by atoms with van der Waals surface area (Å²) in [7, 11) is 0. The van der Waals surface area contributed by atoms with Gasteiger partial charge in [0.25, 0.3) is 0 Å². The van der Waals surface area contributed by atoms with Crippen molar-refractivity contribution >= 4 is 105 Å². The Bertz CT molecular complexity index is 3230. The smallest absolute Gasteiger partial charge is 0.187 e. The van der Waals surface area contributed by atoms with Gasteiger partial charge in [0.05, 0.1) is 18.2 Å². The summed E-state index contributed by atoms with van der Waals surface area (Å²) in [6.07, 6.45) is 0. The molecule has 0 aliphatic rings. The molecule has 6 nitrogen and oxygen atoms in total. The van der Waals surface area contributed by atoms with Gasteiger partial charge in [-0.15, -0.1) is 0 Å². The molecular formula is C52H30N4O2. The van der Waals surface area contributed by atoms with Crippen molar-refractivity contribution in [2.75, 3.05) is 9.80 Å². The van der Waals surface area contributed by atoms with Crippen LogP contribution < -0.4 is 9.80 Å². The zero-order valence-electron chi connectivity index (χ0n) is 30.9. The Labute approximate surface area is 333 Å². The summed E-state index contributed by atoms with van der Waals surface area (Å²) < 4.78 is 13.2. The van der Waals surface area contributed by atoms with Crippen LogP contribution in [-0.2, 0) is 0 Å². The molecule has 0 atom stereocenters. The van der Waals surface area contributed by atoms with E-state index in [2.05, 4.69) is 106 Å². The first-order chi connectivity index (χ1) is 28.6. The summed E-state index contributed by atoms with van der Waals surface area (Å²) in [5, 5.41) is 17.9. The standard InChI is InChI=1S/C52H30N4O2/c1-54-38-16-22-42(23-17-38)56(40-10-6-3-7-11-40)44-21-15-35-29-46-50(31-37(35)27-44)58-48-25-24-47-51(52(46)48)45-28-34-14-20-43(26-36(34)30-49(45)57-47)55(39-8-4-2-5-9-39)41-18-12-33(32-53)13-19-41/h2-31H. The molecule has 0 aliphatic carbocycles. The normalized spacial score (nSPS) is 11.4. The lowest BCUT2D eigenvalue weighted by molar-refractivity contribution is 0.663. The van der Waals surface area contributed by atoms with Crippen LogP contribution in [0, 0.1) is 17.9 Å². The topological polar surface area (TPSA) is 60.9 Å². The molecular weight excluding hydrogens is 713 g/mol. The number of anilines is 6. The summed E-state index contributed by atoms with van der Waals surface area (Å²) in [6.45, 7) is 7.42. The summed E-state index contributed by atoms with van der Waals surface area (Å²) >= 11 is 0. The first-order valence-corrected chi connectivity index (χ1v) is 19.0. The quantitative estimate of drug-likeness (QED) is 0.159. The lowest BCUT2D eigenvalue weighted by Crippen LogP contribution is -2.09. The van der Waals surface area contributed by atoms with E-state index in [1.54, 1.807) is 0 Å². The summed E-state index contributed by atoms with van der Waals surface area (Å²) in [5.41, 5.74) is 10.5.